The molecule has 1 N–H and O–H groups in total. The Morgan fingerprint density at radius 1 is 1.24 bits per heavy atom. The van der Waals surface area contributed by atoms with E-state index in [1.165, 1.54) is 4.88 Å². The Balaban J connectivity index is 1.81. The number of halogens is 1. The topological polar surface area (TPSA) is 24.4 Å². The molecule has 2 nitrogen and oxygen atoms in total. The first kappa shape index (κ1) is 10.8. The highest BCUT2D eigenvalue weighted by Gasteiger charge is 2.23. The lowest BCUT2D eigenvalue weighted by Crippen LogP contribution is -2.10. The van der Waals surface area contributed by atoms with Crippen LogP contribution in [0.1, 0.15) is 22.9 Å². The lowest BCUT2D eigenvalue weighted by atomic mass is 10.0. The monoisotopic (exact) mass is 262 g/mol. The minimum Gasteiger partial charge on any atom is -0.302 e. The maximum atomic E-state index is 6.19. The van der Waals surface area contributed by atoms with Crippen LogP contribution in [-0.4, -0.2) is 5.71 Å². The van der Waals surface area contributed by atoms with E-state index in [0.717, 1.165) is 22.7 Å². The van der Waals surface area contributed by atoms with Crippen molar-refractivity contribution in [2.24, 2.45) is 5.10 Å². The third kappa shape index (κ3) is 2.08. The summed E-state index contributed by atoms with van der Waals surface area (Å²) < 4.78 is 0. The molecule has 2 aromatic rings. The van der Waals surface area contributed by atoms with E-state index in [-0.39, 0.29) is 6.04 Å². The Hall–Kier alpha value is -1.32. The van der Waals surface area contributed by atoms with Crippen molar-refractivity contribution >= 4 is 28.6 Å². The van der Waals surface area contributed by atoms with Gasteiger partial charge in [0.2, 0.25) is 0 Å². The van der Waals surface area contributed by atoms with E-state index in [9.17, 15) is 0 Å². The van der Waals surface area contributed by atoms with Crippen LogP contribution in [0.4, 0.5) is 0 Å². The molecule has 0 bridgehead atoms. The molecule has 1 aliphatic heterocycles. The Morgan fingerprint density at radius 2 is 2.12 bits per heavy atom. The SMILES string of the molecule is Clc1ccccc1C1CC(c2cccs2)=NN1. The molecular weight excluding hydrogens is 252 g/mol. The number of thiophene rings is 1. The van der Waals surface area contributed by atoms with Crippen LogP contribution in [0, 0.1) is 0 Å². The predicted octanol–water partition coefficient (Wildman–Crippen LogP) is 3.84. The first-order valence-corrected chi connectivity index (χ1v) is 6.71. The lowest BCUT2D eigenvalue weighted by molar-refractivity contribution is 0.620. The van der Waals surface area contributed by atoms with Crippen LogP contribution >= 0.6 is 22.9 Å². The fourth-order valence-electron chi connectivity index (χ4n) is 1.98. The quantitative estimate of drug-likeness (QED) is 0.874. The lowest BCUT2D eigenvalue weighted by Gasteiger charge is -2.11. The van der Waals surface area contributed by atoms with Crippen molar-refractivity contribution in [3.63, 3.8) is 0 Å². The van der Waals surface area contributed by atoms with Crippen LogP contribution in [0.15, 0.2) is 46.9 Å². The summed E-state index contributed by atoms with van der Waals surface area (Å²) in [5.41, 5.74) is 5.39. The van der Waals surface area contributed by atoms with Crippen molar-refractivity contribution in [2.45, 2.75) is 12.5 Å². The zero-order chi connectivity index (χ0) is 11.7. The fourth-order valence-corrected chi connectivity index (χ4v) is 2.97. The van der Waals surface area contributed by atoms with Gasteiger partial charge in [0.25, 0.3) is 0 Å². The number of benzene rings is 1. The smallest absolute Gasteiger partial charge is 0.0799 e. The van der Waals surface area contributed by atoms with E-state index in [1.54, 1.807) is 11.3 Å². The van der Waals surface area contributed by atoms with E-state index in [2.05, 4.69) is 22.0 Å². The maximum Gasteiger partial charge on any atom is 0.0799 e. The zero-order valence-corrected chi connectivity index (χ0v) is 10.6. The van der Waals surface area contributed by atoms with Crippen molar-refractivity contribution in [1.82, 2.24) is 5.43 Å². The maximum absolute atomic E-state index is 6.19. The number of hydrogen-bond acceptors (Lipinski definition) is 3. The van der Waals surface area contributed by atoms with Crippen molar-refractivity contribution in [1.29, 1.82) is 0 Å². The third-order valence-corrected chi connectivity index (χ3v) is 4.10. The molecule has 17 heavy (non-hydrogen) atoms. The summed E-state index contributed by atoms with van der Waals surface area (Å²) in [6.07, 6.45) is 0.893. The van der Waals surface area contributed by atoms with Crippen molar-refractivity contribution in [3.8, 4) is 0 Å². The van der Waals surface area contributed by atoms with E-state index >= 15 is 0 Å². The first-order chi connectivity index (χ1) is 8.34. The number of nitrogens with one attached hydrogen (secondary N) is 1. The summed E-state index contributed by atoms with van der Waals surface area (Å²) in [7, 11) is 0. The van der Waals surface area contributed by atoms with E-state index in [0.29, 0.717) is 0 Å². The van der Waals surface area contributed by atoms with Gasteiger partial charge in [0, 0.05) is 11.4 Å². The van der Waals surface area contributed by atoms with Crippen LogP contribution in [0.3, 0.4) is 0 Å². The second-order valence-corrected chi connectivity index (χ2v) is 5.30. The summed E-state index contributed by atoms with van der Waals surface area (Å²) in [4.78, 5) is 1.23. The van der Waals surface area contributed by atoms with Crippen molar-refractivity contribution in [2.75, 3.05) is 0 Å². The van der Waals surface area contributed by atoms with Gasteiger partial charge in [-0.25, -0.2) is 0 Å². The third-order valence-electron chi connectivity index (χ3n) is 2.84. The van der Waals surface area contributed by atoms with Gasteiger partial charge >= 0.3 is 0 Å². The summed E-state index contributed by atoms with van der Waals surface area (Å²) >= 11 is 7.91. The highest BCUT2D eigenvalue weighted by Crippen LogP contribution is 2.30. The molecule has 0 amide bonds. The van der Waals surface area contributed by atoms with Crippen LogP contribution in [0.2, 0.25) is 5.02 Å². The Bertz CT molecular complexity index is 548. The molecule has 4 heteroatoms. The molecular formula is C13H11ClN2S. The van der Waals surface area contributed by atoms with Crippen molar-refractivity contribution in [3.05, 3.63) is 57.2 Å². The van der Waals surface area contributed by atoms with Crippen molar-refractivity contribution < 1.29 is 0 Å². The number of hydrogen-bond donors (Lipinski definition) is 1. The van der Waals surface area contributed by atoms with E-state index in [1.807, 2.05) is 30.3 Å². The van der Waals surface area contributed by atoms with Gasteiger partial charge in [0.15, 0.2) is 0 Å². The minimum atomic E-state index is 0.195. The van der Waals surface area contributed by atoms with Crippen LogP contribution < -0.4 is 5.43 Å². The molecule has 1 atom stereocenters. The average Bonchev–Trinajstić information content (AvgIpc) is 3.00. The van der Waals surface area contributed by atoms with Gasteiger partial charge in [-0.3, -0.25) is 0 Å². The van der Waals surface area contributed by atoms with Gasteiger partial charge in [0.05, 0.1) is 16.6 Å². The average molecular weight is 263 g/mol. The molecule has 0 radical (unpaired) electrons. The predicted molar refractivity (Wildman–Crippen MR) is 72.8 cm³/mol. The summed E-state index contributed by atoms with van der Waals surface area (Å²) in [5.74, 6) is 0. The molecule has 0 aliphatic carbocycles. The van der Waals surface area contributed by atoms with E-state index < -0.39 is 0 Å². The fraction of sp³-hybridized carbons (Fsp3) is 0.154. The van der Waals surface area contributed by atoms with Gasteiger partial charge in [-0.05, 0) is 23.1 Å². The van der Waals surface area contributed by atoms with Crippen LogP contribution in [0.5, 0.6) is 0 Å². The molecule has 2 heterocycles. The van der Waals surface area contributed by atoms with Gasteiger partial charge < -0.3 is 5.43 Å². The molecule has 1 aromatic heterocycles. The summed E-state index contributed by atoms with van der Waals surface area (Å²) in [5, 5.41) is 7.26. The van der Waals surface area contributed by atoms with Gasteiger partial charge in [-0.2, -0.15) is 5.10 Å². The molecule has 1 aliphatic rings. The summed E-state index contributed by atoms with van der Waals surface area (Å²) in [6.45, 7) is 0. The normalized spacial score (nSPS) is 18.9. The van der Waals surface area contributed by atoms with Crippen LogP contribution in [0.25, 0.3) is 0 Å². The minimum absolute atomic E-state index is 0.195. The number of nitrogens with zero attached hydrogens (tertiary/aromatic N) is 1. The highest BCUT2D eigenvalue weighted by atomic mass is 35.5. The Labute approximate surface area is 109 Å². The number of hydrazone groups is 1. The number of rotatable bonds is 2. The molecule has 0 fully saturated rings. The molecule has 0 saturated carbocycles. The Kier molecular flexibility index (Phi) is 2.87. The Morgan fingerprint density at radius 3 is 2.88 bits per heavy atom. The molecule has 0 spiro atoms. The molecule has 1 aromatic carbocycles. The molecule has 86 valence electrons. The molecule has 1 unspecified atom stereocenters. The second-order valence-electron chi connectivity index (χ2n) is 3.94. The molecule has 0 saturated heterocycles. The highest BCUT2D eigenvalue weighted by molar-refractivity contribution is 7.12. The van der Waals surface area contributed by atoms with Gasteiger partial charge in [-0.15, -0.1) is 11.3 Å². The van der Waals surface area contributed by atoms with Gasteiger partial charge in [0.1, 0.15) is 0 Å². The second kappa shape index (κ2) is 4.51. The first-order valence-electron chi connectivity index (χ1n) is 5.45. The van der Waals surface area contributed by atoms with E-state index in [4.69, 9.17) is 11.6 Å². The summed E-state index contributed by atoms with van der Waals surface area (Å²) in [6, 6.07) is 12.3. The zero-order valence-electron chi connectivity index (χ0n) is 9.06. The van der Waals surface area contributed by atoms with Gasteiger partial charge in [-0.1, -0.05) is 35.9 Å². The standard InChI is InChI=1S/C13H11ClN2S/c14-10-5-2-1-4-9(10)11-8-12(16-15-11)13-6-3-7-17-13/h1-7,11,15H,8H2. The largest absolute Gasteiger partial charge is 0.302 e. The molecule has 3 rings (SSSR count). The van der Waals surface area contributed by atoms with Crippen LogP contribution in [-0.2, 0) is 0 Å².